The molecule has 1 aliphatic rings. The normalized spacial score (nSPS) is 16.3. The Morgan fingerprint density at radius 2 is 2.22 bits per heavy atom. The van der Waals surface area contributed by atoms with Gasteiger partial charge >= 0.3 is 5.97 Å². The average Bonchev–Trinajstić information content (AvgIpc) is 3.36. The Balaban J connectivity index is 1.78. The van der Waals surface area contributed by atoms with Gasteiger partial charge < -0.3 is 19.5 Å². The van der Waals surface area contributed by atoms with Gasteiger partial charge in [-0.3, -0.25) is 9.59 Å². The van der Waals surface area contributed by atoms with Gasteiger partial charge in [0.2, 0.25) is 0 Å². The van der Waals surface area contributed by atoms with Crippen LogP contribution in [0.4, 0.5) is 0 Å². The van der Waals surface area contributed by atoms with E-state index in [4.69, 9.17) is 14.6 Å². The molecule has 1 atom stereocenters. The molecule has 0 saturated carbocycles. The second kappa shape index (κ2) is 8.96. The van der Waals surface area contributed by atoms with Gasteiger partial charge in [0.05, 0.1) is 25.2 Å². The van der Waals surface area contributed by atoms with E-state index in [9.17, 15) is 9.59 Å². The van der Waals surface area contributed by atoms with Gasteiger partial charge in [-0.2, -0.15) is 0 Å². The Morgan fingerprint density at radius 3 is 2.93 bits per heavy atom. The molecule has 0 bridgehead atoms. The van der Waals surface area contributed by atoms with E-state index < -0.39 is 5.97 Å². The molecule has 8 heteroatoms. The van der Waals surface area contributed by atoms with Crippen LogP contribution in [0.15, 0.2) is 29.6 Å². The van der Waals surface area contributed by atoms with Crippen LogP contribution in [-0.2, 0) is 9.53 Å². The predicted octanol–water partition coefficient (Wildman–Crippen LogP) is 2.91. The maximum Gasteiger partial charge on any atom is 0.305 e. The predicted molar refractivity (Wildman–Crippen MR) is 101 cm³/mol. The lowest BCUT2D eigenvalue weighted by molar-refractivity contribution is -0.137. The molecule has 7 nitrogen and oxygen atoms in total. The molecule has 1 amide bonds. The van der Waals surface area contributed by atoms with Crippen LogP contribution in [0.25, 0.3) is 10.6 Å². The van der Waals surface area contributed by atoms with Crippen molar-refractivity contribution in [2.45, 2.75) is 25.4 Å². The van der Waals surface area contributed by atoms with E-state index in [1.165, 1.54) is 16.2 Å². The van der Waals surface area contributed by atoms with E-state index in [1.54, 1.807) is 12.5 Å². The number of carbonyl (C=O) groups excluding carboxylic acids is 1. The first-order chi connectivity index (χ1) is 13.1. The quantitative estimate of drug-likeness (QED) is 0.746. The number of thiazole rings is 1. The summed E-state index contributed by atoms with van der Waals surface area (Å²) in [5.41, 5.74) is 1.13. The number of carboxylic acids is 1. The SMILES string of the molecule is COc1ccccc1-c1nc(C(=O)N(CCC(=O)O)CC2CCCO2)cs1. The number of hydrogen-bond donors (Lipinski definition) is 1. The minimum atomic E-state index is -0.937. The average molecular weight is 390 g/mol. The third-order valence-corrected chi connectivity index (χ3v) is 5.27. The Labute approximate surface area is 161 Å². The van der Waals surface area contributed by atoms with Crippen molar-refractivity contribution < 1.29 is 24.2 Å². The van der Waals surface area contributed by atoms with Crippen LogP contribution in [0.5, 0.6) is 5.75 Å². The number of carboxylic acid groups (broad SMARTS) is 1. The molecular weight excluding hydrogens is 368 g/mol. The summed E-state index contributed by atoms with van der Waals surface area (Å²) >= 11 is 1.36. The minimum Gasteiger partial charge on any atom is -0.496 e. The third kappa shape index (κ3) is 4.84. The zero-order chi connectivity index (χ0) is 19.2. The fraction of sp³-hybridized carbons (Fsp3) is 0.421. The molecular formula is C19H22N2O5S. The van der Waals surface area contributed by atoms with Crippen molar-refractivity contribution in [3.63, 3.8) is 0 Å². The van der Waals surface area contributed by atoms with Crippen LogP contribution < -0.4 is 4.74 Å². The molecule has 1 aliphatic heterocycles. The van der Waals surface area contributed by atoms with Gasteiger partial charge in [0.25, 0.3) is 5.91 Å². The Kier molecular flexibility index (Phi) is 6.41. The topological polar surface area (TPSA) is 89.0 Å². The van der Waals surface area contributed by atoms with Crippen molar-refractivity contribution in [3.05, 3.63) is 35.3 Å². The van der Waals surface area contributed by atoms with Gasteiger partial charge in [0.15, 0.2) is 0 Å². The van der Waals surface area contributed by atoms with Crippen LogP contribution in [0.3, 0.4) is 0 Å². The number of carbonyl (C=O) groups is 2. The van der Waals surface area contributed by atoms with Gasteiger partial charge in [-0.15, -0.1) is 11.3 Å². The lowest BCUT2D eigenvalue weighted by atomic mass is 10.2. The van der Waals surface area contributed by atoms with Gasteiger partial charge in [-0.25, -0.2) is 4.98 Å². The smallest absolute Gasteiger partial charge is 0.305 e. The molecule has 3 rings (SSSR count). The van der Waals surface area contributed by atoms with E-state index in [0.29, 0.717) is 29.6 Å². The van der Waals surface area contributed by atoms with Crippen LogP contribution in [-0.4, -0.2) is 59.8 Å². The number of amides is 1. The number of ether oxygens (including phenoxy) is 2. The number of rotatable bonds is 8. The van der Waals surface area contributed by atoms with Gasteiger partial charge in [-0.05, 0) is 25.0 Å². The molecule has 1 unspecified atom stereocenters. The number of benzene rings is 1. The molecule has 2 heterocycles. The molecule has 1 N–H and O–H groups in total. The summed E-state index contributed by atoms with van der Waals surface area (Å²) in [6.45, 7) is 1.20. The van der Waals surface area contributed by atoms with E-state index in [1.807, 2.05) is 24.3 Å². The van der Waals surface area contributed by atoms with Crippen LogP contribution in [0, 0.1) is 0 Å². The Morgan fingerprint density at radius 1 is 1.41 bits per heavy atom. The molecule has 1 fully saturated rings. The third-order valence-electron chi connectivity index (χ3n) is 4.39. The van der Waals surface area contributed by atoms with Crippen molar-refractivity contribution in [3.8, 4) is 16.3 Å². The summed E-state index contributed by atoms with van der Waals surface area (Å²) in [5, 5.41) is 11.4. The standard InChI is InChI=1S/C19H22N2O5S/c1-25-16-7-3-2-6-14(16)18-20-15(12-27-18)19(24)21(9-8-17(22)23)11-13-5-4-10-26-13/h2-3,6-7,12-13H,4-5,8-11H2,1H3,(H,22,23). The highest BCUT2D eigenvalue weighted by atomic mass is 32.1. The maximum absolute atomic E-state index is 12.9. The van der Waals surface area contributed by atoms with Gasteiger partial charge in [0.1, 0.15) is 16.5 Å². The number of methoxy groups -OCH3 is 1. The fourth-order valence-corrected chi connectivity index (χ4v) is 3.84. The van der Waals surface area contributed by atoms with Crippen LogP contribution in [0.1, 0.15) is 29.8 Å². The summed E-state index contributed by atoms with van der Waals surface area (Å²) in [7, 11) is 1.59. The highest BCUT2D eigenvalue weighted by Gasteiger charge is 2.25. The lowest BCUT2D eigenvalue weighted by Crippen LogP contribution is -2.39. The first-order valence-electron chi connectivity index (χ1n) is 8.80. The second-order valence-electron chi connectivity index (χ2n) is 6.27. The zero-order valence-electron chi connectivity index (χ0n) is 15.1. The fourth-order valence-electron chi connectivity index (χ4n) is 3.02. The first-order valence-corrected chi connectivity index (χ1v) is 9.68. The molecule has 144 valence electrons. The second-order valence-corrected chi connectivity index (χ2v) is 7.13. The van der Waals surface area contributed by atoms with Crippen molar-refractivity contribution in [2.24, 2.45) is 0 Å². The monoisotopic (exact) mass is 390 g/mol. The van der Waals surface area contributed by atoms with E-state index >= 15 is 0 Å². The number of hydrogen-bond acceptors (Lipinski definition) is 6. The lowest BCUT2D eigenvalue weighted by Gasteiger charge is -2.24. The Hall–Kier alpha value is -2.45. The number of aliphatic carboxylic acids is 1. The minimum absolute atomic E-state index is 0.0462. The first kappa shape index (κ1) is 19.3. The summed E-state index contributed by atoms with van der Waals surface area (Å²) < 4.78 is 11.0. The zero-order valence-corrected chi connectivity index (χ0v) is 15.9. The van der Waals surface area contributed by atoms with Gasteiger partial charge in [0, 0.05) is 25.1 Å². The van der Waals surface area contributed by atoms with Crippen molar-refractivity contribution in [2.75, 3.05) is 26.8 Å². The van der Waals surface area contributed by atoms with Gasteiger partial charge in [-0.1, -0.05) is 12.1 Å². The number of aromatic nitrogens is 1. The summed E-state index contributed by atoms with van der Waals surface area (Å²) in [5.74, 6) is -0.523. The van der Waals surface area contributed by atoms with Crippen LogP contribution in [0.2, 0.25) is 0 Å². The Bertz CT molecular complexity index is 801. The molecule has 0 spiro atoms. The largest absolute Gasteiger partial charge is 0.496 e. The van der Waals surface area contributed by atoms with E-state index in [2.05, 4.69) is 4.98 Å². The number of para-hydroxylation sites is 1. The molecule has 1 saturated heterocycles. The summed E-state index contributed by atoms with van der Waals surface area (Å²) in [6.07, 6.45) is 1.68. The van der Waals surface area contributed by atoms with Crippen molar-refractivity contribution in [1.29, 1.82) is 0 Å². The maximum atomic E-state index is 12.9. The van der Waals surface area contributed by atoms with E-state index in [0.717, 1.165) is 18.4 Å². The molecule has 1 aromatic heterocycles. The molecule has 2 aromatic rings. The van der Waals surface area contributed by atoms with Crippen molar-refractivity contribution in [1.82, 2.24) is 9.88 Å². The molecule has 1 aromatic carbocycles. The van der Waals surface area contributed by atoms with Crippen LogP contribution >= 0.6 is 11.3 Å². The van der Waals surface area contributed by atoms with Crippen molar-refractivity contribution >= 4 is 23.2 Å². The number of nitrogens with zero attached hydrogens (tertiary/aromatic N) is 2. The van der Waals surface area contributed by atoms with E-state index in [-0.39, 0.29) is 25.0 Å². The summed E-state index contributed by atoms with van der Waals surface area (Å²) in [6, 6.07) is 7.49. The highest BCUT2D eigenvalue weighted by Crippen LogP contribution is 2.32. The summed E-state index contributed by atoms with van der Waals surface area (Å²) in [4.78, 5) is 29.9. The molecule has 0 radical (unpaired) electrons. The molecule has 27 heavy (non-hydrogen) atoms. The highest BCUT2D eigenvalue weighted by molar-refractivity contribution is 7.13. The molecule has 0 aliphatic carbocycles.